The number of methoxy groups -OCH3 is 1. The van der Waals surface area contributed by atoms with Crippen LogP contribution >= 0.6 is 12.2 Å². The molecule has 24 heavy (non-hydrogen) atoms. The molecule has 2 heterocycles. The Morgan fingerprint density at radius 3 is 2.83 bits per heavy atom. The first-order valence-electron chi connectivity index (χ1n) is 8.24. The van der Waals surface area contributed by atoms with Gasteiger partial charge in [-0.3, -0.25) is 9.36 Å². The lowest BCUT2D eigenvalue weighted by atomic mass is 10.0. The summed E-state index contributed by atoms with van der Waals surface area (Å²) in [5, 5.41) is 0.243. The zero-order valence-corrected chi connectivity index (χ0v) is 14.7. The number of nitrogens with zero attached hydrogens (tertiary/aromatic N) is 2. The van der Waals surface area contributed by atoms with E-state index in [1.807, 2.05) is 0 Å². The normalized spacial score (nSPS) is 15.1. The number of aromatic nitrogens is 3. The minimum atomic E-state index is -0.546. The van der Waals surface area contributed by atoms with Crippen molar-refractivity contribution in [2.45, 2.75) is 45.6 Å². The first kappa shape index (κ1) is 16.8. The Morgan fingerprint density at radius 1 is 1.46 bits per heavy atom. The van der Waals surface area contributed by atoms with Crippen molar-refractivity contribution in [1.29, 1.82) is 0 Å². The number of esters is 1. The molecule has 1 fully saturated rings. The van der Waals surface area contributed by atoms with Crippen molar-refractivity contribution < 1.29 is 9.53 Å². The van der Waals surface area contributed by atoms with Crippen LogP contribution in [0.15, 0.2) is 10.9 Å². The molecule has 0 amide bonds. The summed E-state index contributed by atoms with van der Waals surface area (Å²) in [5.41, 5.74) is 0.907. The fraction of sp³-hybridized carbons (Fsp3) is 0.529. The number of pyridine rings is 1. The molecule has 1 aliphatic carbocycles. The first-order valence-corrected chi connectivity index (χ1v) is 8.65. The number of hydrogen-bond donors (Lipinski definition) is 1. The van der Waals surface area contributed by atoms with Gasteiger partial charge in [-0.25, -0.2) is 9.78 Å². The zero-order chi connectivity index (χ0) is 17.3. The summed E-state index contributed by atoms with van der Waals surface area (Å²) in [5.74, 6) is 0.105. The van der Waals surface area contributed by atoms with Gasteiger partial charge in [0.25, 0.3) is 5.56 Å². The van der Waals surface area contributed by atoms with E-state index in [0.717, 1.165) is 6.42 Å². The van der Waals surface area contributed by atoms with Crippen molar-refractivity contribution in [2.75, 3.05) is 7.11 Å². The number of rotatable bonds is 4. The van der Waals surface area contributed by atoms with Gasteiger partial charge in [0.05, 0.1) is 18.1 Å². The SMILES string of the molecule is COC(=O)c1cc(C)nc2[nH]c(=S)n(CCC3CCCC3)c(=O)c12. The Kier molecular flexibility index (Phi) is 4.80. The maximum absolute atomic E-state index is 12.9. The summed E-state index contributed by atoms with van der Waals surface area (Å²) in [6.45, 7) is 2.32. The molecule has 0 aliphatic heterocycles. The predicted octanol–water partition coefficient (Wildman–Crippen LogP) is 3.13. The van der Waals surface area contributed by atoms with E-state index in [4.69, 9.17) is 17.0 Å². The number of aryl methyl sites for hydroxylation is 1. The van der Waals surface area contributed by atoms with Crippen molar-refractivity contribution in [1.82, 2.24) is 14.5 Å². The number of carbonyl (C=O) groups excluding carboxylic acids is 1. The lowest BCUT2D eigenvalue weighted by molar-refractivity contribution is 0.0602. The van der Waals surface area contributed by atoms with Crippen LogP contribution < -0.4 is 5.56 Å². The molecule has 7 heteroatoms. The highest BCUT2D eigenvalue weighted by Gasteiger charge is 2.19. The minimum absolute atomic E-state index is 0.228. The highest BCUT2D eigenvalue weighted by Crippen LogP contribution is 2.27. The fourth-order valence-corrected chi connectivity index (χ4v) is 3.73. The third-order valence-corrected chi connectivity index (χ3v) is 5.04. The number of hydrogen-bond acceptors (Lipinski definition) is 5. The zero-order valence-electron chi connectivity index (χ0n) is 13.9. The third kappa shape index (κ3) is 3.13. The molecule has 0 aromatic carbocycles. The highest BCUT2D eigenvalue weighted by atomic mass is 32.1. The summed E-state index contributed by atoms with van der Waals surface area (Å²) < 4.78 is 6.70. The van der Waals surface area contributed by atoms with E-state index in [-0.39, 0.29) is 16.5 Å². The van der Waals surface area contributed by atoms with Crippen LogP contribution in [0.4, 0.5) is 0 Å². The Bertz CT molecular complexity index is 894. The number of nitrogens with one attached hydrogen (secondary N) is 1. The van der Waals surface area contributed by atoms with Gasteiger partial charge in [0, 0.05) is 12.2 Å². The smallest absolute Gasteiger partial charge is 0.338 e. The lowest BCUT2D eigenvalue weighted by Gasteiger charge is -2.13. The standard InChI is InChI=1S/C17H21N3O3S/c1-10-9-12(16(22)23-2)13-14(18-10)19-17(24)20(15(13)21)8-7-11-5-3-4-6-11/h9,11H,3-8H2,1-2H3,(H,18,19,24). The topological polar surface area (TPSA) is 77.0 Å². The molecule has 0 atom stereocenters. The average Bonchev–Trinajstić information content (AvgIpc) is 3.06. The van der Waals surface area contributed by atoms with Crippen LogP contribution in [0.2, 0.25) is 0 Å². The molecule has 1 N–H and O–H groups in total. The summed E-state index contributed by atoms with van der Waals surface area (Å²) in [6.07, 6.45) is 5.88. The number of ether oxygens (including phenoxy) is 1. The van der Waals surface area contributed by atoms with Crippen molar-refractivity contribution in [3.63, 3.8) is 0 Å². The van der Waals surface area contributed by atoms with E-state index >= 15 is 0 Å². The average molecular weight is 347 g/mol. The summed E-state index contributed by atoms with van der Waals surface area (Å²) in [7, 11) is 1.30. The Hall–Kier alpha value is -2.02. The summed E-state index contributed by atoms with van der Waals surface area (Å²) >= 11 is 5.34. The van der Waals surface area contributed by atoms with E-state index in [1.54, 1.807) is 17.6 Å². The molecule has 0 radical (unpaired) electrons. The summed E-state index contributed by atoms with van der Waals surface area (Å²) in [4.78, 5) is 32.3. The van der Waals surface area contributed by atoms with Crippen LogP contribution in [0.3, 0.4) is 0 Å². The number of carbonyl (C=O) groups is 1. The van der Waals surface area contributed by atoms with Gasteiger partial charge in [-0.1, -0.05) is 25.7 Å². The van der Waals surface area contributed by atoms with E-state index in [2.05, 4.69) is 9.97 Å². The molecule has 2 aromatic rings. The molecule has 3 rings (SSSR count). The molecule has 0 bridgehead atoms. The largest absolute Gasteiger partial charge is 0.465 e. The Balaban J connectivity index is 2.10. The molecular formula is C17H21N3O3S. The second-order valence-corrected chi connectivity index (χ2v) is 6.74. The first-order chi connectivity index (χ1) is 11.5. The molecule has 1 saturated carbocycles. The monoisotopic (exact) mass is 347 g/mol. The predicted molar refractivity (Wildman–Crippen MR) is 93.8 cm³/mol. The van der Waals surface area contributed by atoms with Gasteiger partial charge in [0.15, 0.2) is 4.77 Å². The van der Waals surface area contributed by atoms with Crippen LogP contribution in [0, 0.1) is 17.6 Å². The van der Waals surface area contributed by atoms with Gasteiger partial charge >= 0.3 is 5.97 Å². The number of fused-ring (bicyclic) bond motifs is 1. The molecule has 128 valence electrons. The highest BCUT2D eigenvalue weighted by molar-refractivity contribution is 7.71. The number of H-pyrrole nitrogens is 1. The van der Waals surface area contributed by atoms with Gasteiger partial charge in [0.1, 0.15) is 5.65 Å². The van der Waals surface area contributed by atoms with E-state index in [1.165, 1.54) is 32.8 Å². The van der Waals surface area contributed by atoms with Gasteiger partial charge in [-0.05, 0) is 37.5 Å². The van der Waals surface area contributed by atoms with Gasteiger partial charge in [-0.15, -0.1) is 0 Å². The molecule has 0 unspecified atom stereocenters. The quantitative estimate of drug-likeness (QED) is 0.679. The van der Waals surface area contributed by atoms with Crippen LogP contribution in [0.5, 0.6) is 0 Å². The van der Waals surface area contributed by atoms with Gasteiger partial charge < -0.3 is 9.72 Å². The Labute approximate surface area is 144 Å². The maximum atomic E-state index is 12.9. The molecule has 1 aliphatic rings. The molecule has 6 nitrogen and oxygen atoms in total. The third-order valence-electron chi connectivity index (χ3n) is 4.72. The van der Waals surface area contributed by atoms with Crippen LogP contribution in [-0.4, -0.2) is 27.6 Å². The van der Waals surface area contributed by atoms with Gasteiger partial charge in [0.2, 0.25) is 0 Å². The molecule has 2 aromatic heterocycles. The fourth-order valence-electron chi connectivity index (χ4n) is 3.46. The molecule has 0 spiro atoms. The number of aromatic amines is 1. The molecule has 0 saturated heterocycles. The van der Waals surface area contributed by atoms with Crippen molar-refractivity contribution in [2.24, 2.45) is 5.92 Å². The van der Waals surface area contributed by atoms with Gasteiger partial charge in [-0.2, -0.15) is 0 Å². The van der Waals surface area contributed by atoms with E-state index in [9.17, 15) is 9.59 Å². The van der Waals surface area contributed by atoms with Crippen molar-refractivity contribution in [3.8, 4) is 0 Å². The Morgan fingerprint density at radius 2 is 2.17 bits per heavy atom. The van der Waals surface area contributed by atoms with Crippen molar-refractivity contribution >= 4 is 29.2 Å². The summed E-state index contributed by atoms with van der Waals surface area (Å²) in [6, 6.07) is 1.58. The maximum Gasteiger partial charge on any atom is 0.338 e. The van der Waals surface area contributed by atoms with E-state index < -0.39 is 5.97 Å². The van der Waals surface area contributed by atoms with Crippen LogP contribution in [-0.2, 0) is 11.3 Å². The minimum Gasteiger partial charge on any atom is -0.465 e. The second-order valence-electron chi connectivity index (χ2n) is 6.35. The van der Waals surface area contributed by atoms with E-state index in [0.29, 0.717) is 28.6 Å². The molecular weight excluding hydrogens is 326 g/mol. The van der Waals surface area contributed by atoms with Crippen molar-refractivity contribution in [3.05, 3.63) is 32.4 Å². The van der Waals surface area contributed by atoms with Crippen LogP contribution in [0.25, 0.3) is 11.0 Å². The second kappa shape index (κ2) is 6.84. The van der Waals surface area contributed by atoms with Crippen LogP contribution in [0.1, 0.15) is 48.2 Å². The lowest BCUT2D eigenvalue weighted by Crippen LogP contribution is -2.25.